The molecule has 6 saturated heterocycles. The number of oxazole rings is 2. The van der Waals surface area contributed by atoms with Crippen LogP contribution >= 0.6 is 70.6 Å². The number of nitrogens with zero attached hydrogens (tertiary/aromatic N) is 14. The normalized spacial score (nSPS) is 16.0. The van der Waals surface area contributed by atoms with Gasteiger partial charge < -0.3 is 67.5 Å². The summed E-state index contributed by atoms with van der Waals surface area (Å²) in [6.45, 7) is 16.1. The number of imide groups is 6. The van der Waals surface area contributed by atoms with Gasteiger partial charge in [0.2, 0.25) is 41.5 Å². The summed E-state index contributed by atoms with van der Waals surface area (Å²) < 4.78 is 45.1. The molecule has 8 N–H and O–H groups in total. The van der Waals surface area contributed by atoms with Crippen molar-refractivity contribution in [1.82, 2.24) is 81.7 Å². The number of carbonyl (C=O) groups is 12. The van der Waals surface area contributed by atoms with Gasteiger partial charge in [0.05, 0.1) is 82.1 Å². The third-order valence-corrected chi connectivity index (χ3v) is 26.6. The van der Waals surface area contributed by atoms with Crippen LogP contribution in [0.3, 0.4) is 0 Å². The molecule has 3 atom stereocenters. The minimum atomic E-state index is -0.362. The highest BCUT2D eigenvalue weighted by Crippen LogP contribution is 2.33. The van der Waals surface area contributed by atoms with Gasteiger partial charge in [-0.25, -0.2) is 49.8 Å². The maximum atomic E-state index is 11.6. The number of benzene rings is 6. The van der Waals surface area contributed by atoms with Crippen LogP contribution in [0.4, 0.5) is 64.6 Å². The van der Waals surface area contributed by atoms with E-state index in [0.717, 1.165) is 157 Å². The molecule has 0 bridgehead atoms. The fourth-order valence-electron chi connectivity index (χ4n) is 13.6. The first-order chi connectivity index (χ1) is 72.7. The smallest absolute Gasteiger partial charge is 0.297 e. The molecule has 778 valence electrons. The summed E-state index contributed by atoms with van der Waals surface area (Å²) in [5.74, 6) is 6.72. The van der Waals surface area contributed by atoms with Gasteiger partial charge in [-0.3, -0.25) is 89.4 Å². The molecular formula is C102H104N22O20S6. The molecule has 0 radical (unpaired) electrons. The van der Waals surface area contributed by atoms with Gasteiger partial charge in [-0.2, -0.15) is 0 Å². The molecule has 12 amide bonds. The molecule has 0 aliphatic carbocycles. The van der Waals surface area contributed by atoms with E-state index < -0.39 is 0 Å². The van der Waals surface area contributed by atoms with Crippen LogP contribution in [0.25, 0.3) is 18.2 Å². The van der Waals surface area contributed by atoms with Crippen LogP contribution in [0.5, 0.6) is 34.5 Å². The molecule has 6 aliphatic rings. The molecule has 0 spiro atoms. The van der Waals surface area contributed by atoms with Gasteiger partial charge in [0.1, 0.15) is 85.7 Å². The number of thioether (sulfide) groups is 6. The maximum Gasteiger partial charge on any atom is 0.297 e. The Balaban J connectivity index is 0.000000150. The Morgan fingerprint density at radius 1 is 0.327 bits per heavy atom. The van der Waals surface area contributed by atoms with Crippen LogP contribution in [0.1, 0.15) is 58.7 Å². The van der Waals surface area contributed by atoms with Gasteiger partial charge in [0, 0.05) is 76.8 Å². The minimum Gasteiger partial charge on any atom is -0.492 e. The summed E-state index contributed by atoms with van der Waals surface area (Å²) in [6, 6.07) is 52.8. The van der Waals surface area contributed by atoms with E-state index in [-0.39, 0.29) is 82.6 Å². The molecule has 18 rings (SSSR count). The molecule has 3 unspecified atom stereocenters. The molecule has 12 heterocycles. The lowest BCUT2D eigenvalue weighted by atomic mass is 10.1. The van der Waals surface area contributed by atoms with Crippen molar-refractivity contribution in [2.24, 2.45) is 0 Å². The van der Waals surface area contributed by atoms with Crippen molar-refractivity contribution < 1.29 is 94.8 Å². The number of likely N-dealkylation sites (N-methyl/N-ethyl adjacent to an activating group) is 4. The zero-order chi connectivity index (χ0) is 106. The van der Waals surface area contributed by atoms with Crippen LogP contribution in [-0.2, 0) is 48.0 Å². The van der Waals surface area contributed by atoms with Gasteiger partial charge in [-0.05, 0) is 231 Å². The second kappa shape index (κ2) is 57.8. The number of nitrogens with one attached hydrogen (secondary N) is 8. The Kier molecular flexibility index (Phi) is 42.8. The molecule has 6 aromatic heterocycles. The molecule has 6 aliphatic heterocycles. The number of aryl methyl sites for hydroxylation is 2. The number of ether oxygens (including phenoxy) is 6. The Morgan fingerprint density at radius 3 is 0.827 bits per heavy atom. The van der Waals surface area contributed by atoms with Crippen molar-refractivity contribution in [3.63, 3.8) is 0 Å². The number of aromatic nitrogens is 10. The number of carbonyl (C=O) groups excluding carboxylic acids is 12. The van der Waals surface area contributed by atoms with Crippen LogP contribution in [0.15, 0.2) is 255 Å². The predicted octanol–water partition coefficient (Wildman–Crippen LogP) is 14.3. The van der Waals surface area contributed by atoms with Crippen LogP contribution < -0.4 is 90.6 Å². The van der Waals surface area contributed by atoms with Crippen LogP contribution in [-0.4, -0.2) is 239 Å². The van der Waals surface area contributed by atoms with E-state index in [4.69, 9.17) is 37.3 Å². The first kappa shape index (κ1) is 111. The topological polar surface area (TPSA) is 525 Å². The fraction of sp³-hybridized carbons (Fsp3) is 0.255. The summed E-state index contributed by atoms with van der Waals surface area (Å²) in [5, 5.41) is 16.8. The number of amides is 12. The lowest BCUT2D eigenvalue weighted by Crippen LogP contribution is -2.29. The molecule has 6 fully saturated rings. The third-order valence-electron chi connectivity index (χ3n) is 21.2. The standard InChI is InChI=1S/C18H20N4O3S.C18H18N4O3S.C17H19N3O4S.C17H17N3O4S.C16H16N4O3S.C16H14N4O3S/c2*1-2-22(17-19-8-3-9-20-17)10-11-25-14-6-4-13(5-7-14)12-15-16(23)21-18(24)26-15;2*1-11-10-18-16(24-11)20(2)7-8-23-13-5-3-12(4-6-13)9-14-15(21)19-17(22)25-14;2*21-14-13(24-16(22)20-14)10-11-2-4-12(5-3-11)23-9-8-19-15-17-6-1-7-18-15/h3-9,15H,2,10-12H2,1H3,(H,21,23,24);3-9,12H,2,10-11H2,1H3,(H,21,23,24);3-6,10,14H,7-9H2,1-2H3,(H,19,21,22);3-6,9-10H,7-8H2,1-2H3,(H,19,21,22);1-7,13H,8-10H2,(H,17,18,19)(H,20,21,22);1-7,10H,8-9H2,(H,17,18,19)(H,20,21,22)/b;15-12+;;14-9+;;13-10+. The summed E-state index contributed by atoms with van der Waals surface area (Å²) in [5.41, 5.74) is 5.45. The van der Waals surface area contributed by atoms with Gasteiger partial charge >= 0.3 is 0 Å². The summed E-state index contributed by atoms with van der Waals surface area (Å²) >= 11 is 5.82. The highest BCUT2D eigenvalue weighted by Gasteiger charge is 2.35. The fourth-order valence-corrected chi connectivity index (χ4v) is 18.2. The van der Waals surface area contributed by atoms with Crippen molar-refractivity contribution in [2.45, 2.75) is 62.7 Å². The average Bonchev–Trinajstić information content (AvgIpc) is 1.72. The first-order valence-electron chi connectivity index (χ1n) is 46.7. The third kappa shape index (κ3) is 36.7. The second-order valence-corrected chi connectivity index (χ2v) is 38.7. The zero-order valence-corrected chi connectivity index (χ0v) is 86.7. The van der Waals surface area contributed by atoms with E-state index in [0.29, 0.717) is 154 Å². The Bertz CT molecular complexity index is 6660. The molecule has 42 nitrogen and oxygen atoms in total. The van der Waals surface area contributed by atoms with E-state index in [2.05, 4.69) is 92.4 Å². The van der Waals surface area contributed by atoms with Crippen molar-refractivity contribution >= 4 is 192 Å². The number of anilines is 6. The van der Waals surface area contributed by atoms with E-state index in [1.54, 1.807) is 104 Å². The quantitative estimate of drug-likeness (QED) is 0.0130. The molecule has 12 aromatic rings. The van der Waals surface area contributed by atoms with Crippen molar-refractivity contribution in [2.75, 3.05) is 136 Å². The Morgan fingerprint density at radius 2 is 0.587 bits per heavy atom. The second-order valence-electron chi connectivity index (χ2n) is 32.2. The minimum absolute atomic E-state index is 0.219. The molecule has 0 saturated carbocycles. The maximum absolute atomic E-state index is 11.6. The summed E-state index contributed by atoms with van der Waals surface area (Å²) in [6.07, 6.45) is 23.5. The van der Waals surface area contributed by atoms with Gasteiger partial charge in [-0.15, -0.1) is 0 Å². The van der Waals surface area contributed by atoms with E-state index in [9.17, 15) is 57.5 Å². The predicted molar refractivity (Wildman–Crippen MR) is 575 cm³/mol. The summed E-state index contributed by atoms with van der Waals surface area (Å²) in [4.78, 5) is 187. The number of rotatable bonds is 41. The van der Waals surface area contributed by atoms with Crippen molar-refractivity contribution in [3.05, 3.63) is 291 Å². The van der Waals surface area contributed by atoms with Gasteiger partial charge in [-0.1, -0.05) is 108 Å². The highest BCUT2D eigenvalue weighted by molar-refractivity contribution is 8.19. The van der Waals surface area contributed by atoms with E-state index in [1.165, 1.54) is 0 Å². The lowest BCUT2D eigenvalue weighted by Gasteiger charge is -2.20. The average molecular weight is 2150 g/mol. The van der Waals surface area contributed by atoms with E-state index >= 15 is 0 Å². The largest absolute Gasteiger partial charge is 0.492 e. The molecular weight excluding hydrogens is 2050 g/mol. The first-order valence-corrected chi connectivity index (χ1v) is 51.8. The lowest BCUT2D eigenvalue weighted by molar-refractivity contribution is -0.119. The molecule has 150 heavy (non-hydrogen) atoms. The monoisotopic (exact) mass is 2150 g/mol. The SMILES string of the molecule is CCN(CCOc1ccc(/C=C2/SC(=O)NC2=O)cc1)c1ncccn1.CCN(CCOc1ccc(CC2SC(=O)NC2=O)cc1)c1ncccn1.Cc1cnc(N(C)CCOc2ccc(/C=C3/SC(=O)NC3=O)cc2)o1.Cc1cnc(N(C)CCOc2ccc(CC3SC(=O)NC3=O)cc2)o1.O=C1NC(=O)/C(=C\c2ccc(OCCNc3ncccn3)cc2)S1.O=C1NC(=O)C(Cc2ccc(OCCNc3ncccn3)cc2)S1. The van der Waals surface area contributed by atoms with Crippen molar-refractivity contribution in [1.29, 1.82) is 0 Å². The van der Waals surface area contributed by atoms with Crippen LogP contribution in [0, 0.1) is 13.8 Å². The van der Waals surface area contributed by atoms with Gasteiger partial charge in [0.15, 0.2) is 0 Å². The van der Waals surface area contributed by atoms with Crippen LogP contribution in [0.2, 0.25) is 0 Å². The molecule has 48 heteroatoms. The highest BCUT2D eigenvalue weighted by atomic mass is 32.2. The Hall–Kier alpha value is -16.2. The number of hydrogen-bond donors (Lipinski definition) is 8. The van der Waals surface area contributed by atoms with Gasteiger partial charge in [0.25, 0.3) is 61.2 Å². The number of hydrogen-bond acceptors (Lipinski definition) is 42. The Labute approximate surface area is 887 Å². The zero-order valence-electron chi connectivity index (χ0n) is 81.8. The van der Waals surface area contributed by atoms with E-state index in [1.807, 2.05) is 207 Å². The van der Waals surface area contributed by atoms with Crippen molar-refractivity contribution in [3.8, 4) is 34.5 Å². The summed E-state index contributed by atoms with van der Waals surface area (Å²) in [7, 11) is 3.78. The molecule has 6 aromatic carbocycles.